The van der Waals surface area contributed by atoms with Crippen LogP contribution in [-0.2, 0) is 28.5 Å². The van der Waals surface area contributed by atoms with Gasteiger partial charge in [0.05, 0.1) is 31.7 Å². The number of carbonyl (C=O) groups is 2. The molecule has 6 nitrogen and oxygen atoms in total. The van der Waals surface area contributed by atoms with Gasteiger partial charge in [-0.05, 0) is 13.3 Å². The zero-order valence-electron chi connectivity index (χ0n) is 12.8. The summed E-state index contributed by atoms with van der Waals surface area (Å²) < 4.78 is 20.1. The minimum atomic E-state index is -0.414. The summed E-state index contributed by atoms with van der Waals surface area (Å²) in [6.45, 7) is 4.35. The molecule has 0 aromatic carbocycles. The Morgan fingerprint density at radius 2 is 1.60 bits per heavy atom. The molecule has 0 aromatic rings. The van der Waals surface area contributed by atoms with E-state index >= 15 is 0 Å². The number of hydrogen-bond acceptors (Lipinski definition) is 6. The van der Waals surface area contributed by atoms with Crippen LogP contribution in [0.2, 0.25) is 0 Å². The largest absolute Gasteiger partial charge is 0.466 e. The molecule has 0 amide bonds. The van der Waals surface area contributed by atoms with E-state index in [-0.39, 0.29) is 31.7 Å². The zero-order valence-corrected chi connectivity index (χ0v) is 12.8. The van der Waals surface area contributed by atoms with Gasteiger partial charge < -0.3 is 18.9 Å². The summed E-state index contributed by atoms with van der Waals surface area (Å²) in [6.07, 6.45) is 1.42. The van der Waals surface area contributed by atoms with Gasteiger partial charge in [0.15, 0.2) is 0 Å². The first-order chi connectivity index (χ1) is 9.53. The van der Waals surface area contributed by atoms with E-state index in [1.165, 1.54) is 0 Å². The summed E-state index contributed by atoms with van der Waals surface area (Å²) in [5.74, 6) is -0.813. The van der Waals surface area contributed by atoms with E-state index in [1.54, 1.807) is 14.2 Å². The van der Waals surface area contributed by atoms with E-state index in [1.807, 2.05) is 13.8 Å². The van der Waals surface area contributed by atoms with Crippen LogP contribution >= 0.6 is 0 Å². The molecule has 0 aliphatic rings. The third kappa shape index (κ3) is 9.75. The first-order valence-corrected chi connectivity index (χ1v) is 6.90. The standard InChI is InChI=1S/C14H26O6/c1-5-12(18-4)10-20-14(16)7-6-13(15)19-9-8-11(2)17-3/h11-12H,5-10H2,1-4H3. The normalized spacial score (nSPS) is 13.6. The third-order valence-electron chi connectivity index (χ3n) is 2.94. The van der Waals surface area contributed by atoms with Crippen molar-refractivity contribution in [2.75, 3.05) is 27.4 Å². The van der Waals surface area contributed by atoms with Gasteiger partial charge in [0.25, 0.3) is 0 Å². The highest BCUT2D eigenvalue weighted by Gasteiger charge is 2.12. The van der Waals surface area contributed by atoms with E-state index in [9.17, 15) is 9.59 Å². The molecular weight excluding hydrogens is 264 g/mol. The monoisotopic (exact) mass is 290 g/mol. The van der Waals surface area contributed by atoms with Crippen molar-refractivity contribution >= 4 is 11.9 Å². The summed E-state index contributed by atoms with van der Waals surface area (Å²) in [6, 6.07) is 0. The second kappa shape index (κ2) is 11.7. The molecule has 0 heterocycles. The number of methoxy groups -OCH3 is 2. The molecule has 0 fully saturated rings. The summed E-state index contributed by atoms with van der Waals surface area (Å²) in [5, 5.41) is 0. The molecule has 0 bridgehead atoms. The average molecular weight is 290 g/mol. The van der Waals surface area contributed by atoms with Crippen LogP contribution in [-0.4, -0.2) is 51.6 Å². The first kappa shape index (κ1) is 18.9. The van der Waals surface area contributed by atoms with E-state index < -0.39 is 11.9 Å². The summed E-state index contributed by atoms with van der Waals surface area (Å²) in [4.78, 5) is 22.8. The first-order valence-electron chi connectivity index (χ1n) is 6.90. The minimum Gasteiger partial charge on any atom is -0.466 e. The average Bonchev–Trinajstić information content (AvgIpc) is 2.45. The molecule has 118 valence electrons. The predicted octanol–water partition coefficient (Wildman–Crippen LogP) is 1.70. The lowest BCUT2D eigenvalue weighted by molar-refractivity contribution is -0.152. The van der Waals surface area contributed by atoms with Gasteiger partial charge in [-0.3, -0.25) is 9.59 Å². The van der Waals surface area contributed by atoms with Crippen molar-refractivity contribution in [2.24, 2.45) is 0 Å². The Hall–Kier alpha value is -1.14. The van der Waals surface area contributed by atoms with Gasteiger partial charge >= 0.3 is 11.9 Å². The quantitative estimate of drug-likeness (QED) is 0.539. The highest BCUT2D eigenvalue weighted by molar-refractivity contribution is 5.77. The van der Waals surface area contributed by atoms with Crippen LogP contribution in [0, 0.1) is 0 Å². The Balaban J connectivity index is 3.65. The Morgan fingerprint density at radius 3 is 2.10 bits per heavy atom. The molecule has 0 spiro atoms. The van der Waals surface area contributed by atoms with Crippen LogP contribution < -0.4 is 0 Å². The van der Waals surface area contributed by atoms with E-state index in [0.29, 0.717) is 13.0 Å². The number of ether oxygens (including phenoxy) is 4. The van der Waals surface area contributed by atoms with Crippen molar-refractivity contribution in [3.8, 4) is 0 Å². The summed E-state index contributed by atoms with van der Waals surface area (Å²) in [5.41, 5.74) is 0. The van der Waals surface area contributed by atoms with Crippen LogP contribution in [0.1, 0.15) is 39.5 Å². The second-order valence-corrected chi connectivity index (χ2v) is 4.50. The van der Waals surface area contributed by atoms with E-state index in [2.05, 4.69) is 0 Å². The van der Waals surface area contributed by atoms with Crippen LogP contribution in [0.3, 0.4) is 0 Å². The lowest BCUT2D eigenvalue weighted by atomic mass is 10.3. The van der Waals surface area contributed by atoms with Gasteiger partial charge in [0, 0.05) is 20.6 Å². The van der Waals surface area contributed by atoms with Crippen molar-refractivity contribution in [3.63, 3.8) is 0 Å². The van der Waals surface area contributed by atoms with Gasteiger partial charge in [-0.1, -0.05) is 6.92 Å². The summed E-state index contributed by atoms with van der Waals surface area (Å²) in [7, 11) is 3.17. The molecule has 0 aliphatic heterocycles. The molecule has 0 saturated carbocycles. The molecule has 2 unspecified atom stereocenters. The Kier molecular flexibility index (Phi) is 11.0. The Labute approximate surface area is 120 Å². The Morgan fingerprint density at radius 1 is 1.00 bits per heavy atom. The van der Waals surface area contributed by atoms with Gasteiger partial charge in [-0.25, -0.2) is 0 Å². The van der Waals surface area contributed by atoms with Crippen molar-refractivity contribution in [3.05, 3.63) is 0 Å². The Bertz CT molecular complexity index is 275. The van der Waals surface area contributed by atoms with E-state index in [4.69, 9.17) is 18.9 Å². The van der Waals surface area contributed by atoms with Crippen molar-refractivity contribution < 1.29 is 28.5 Å². The maximum atomic E-state index is 11.4. The maximum Gasteiger partial charge on any atom is 0.306 e. The molecule has 0 aliphatic carbocycles. The second-order valence-electron chi connectivity index (χ2n) is 4.50. The van der Waals surface area contributed by atoms with Crippen LogP contribution in [0.5, 0.6) is 0 Å². The van der Waals surface area contributed by atoms with Crippen LogP contribution in [0.15, 0.2) is 0 Å². The number of esters is 2. The van der Waals surface area contributed by atoms with Gasteiger partial charge in [0.2, 0.25) is 0 Å². The smallest absolute Gasteiger partial charge is 0.306 e. The maximum absolute atomic E-state index is 11.4. The molecule has 0 saturated heterocycles. The van der Waals surface area contributed by atoms with Gasteiger partial charge in [0.1, 0.15) is 6.61 Å². The lowest BCUT2D eigenvalue weighted by Gasteiger charge is -2.13. The highest BCUT2D eigenvalue weighted by Crippen LogP contribution is 2.02. The van der Waals surface area contributed by atoms with Gasteiger partial charge in [-0.2, -0.15) is 0 Å². The fourth-order valence-electron chi connectivity index (χ4n) is 1.34. The highest BCUT2D eigenvalue weighted by atomic mass is 16.6. The topological polar surface area (TPSA) is 71.1 Å². The fraction of sp³-hybridized carbons (Fsp3) is 0.857. The van der Waals surface area contributed by atoms with Crippen molar-refractivity contribution in [2.45, 2.75) is 51.7 Å². The molecule has 0 N–H and O–H groups in total. The molecule has 6 heteroatoms. The number of hydrogen-bond donors (Lipinski definition) is 0. The predicted molar refractivity (Wildman–Crippen MR) is 73.3 cm³/mol. The molecular formula is C14H26O6. The van der Waals surface area contributed by atoms with Crippen molar-refractivity contribution in [1.29, 1.82) is 0 Å². The third-order valence-corrected chi connectivity index (χ3v) is 2.94. The van der Waals surface area contributed by atoms with Crippen LogP contribution in [0.25, 0.3) is 0 Å². The SMILES string of the molecule is CCC(COC(=O)CCC(=O)OCCC(C)OC)OC. The molecule has 0 radical (unpaired) electrons. The fourth-order valence-corrected chi connectivity index (χ4v) is 1.34. The van der Waals surface area contributed by atoms with Crippen molar-refractivity contribution in [1.82, 2.24) is 0 Å². The lowest BCUT2D eigenvalue weighted by Crippen LogP contribution is -2.20. The van der Waals surface area contributed by atoms with Gasteiger partial charge in [-0.15, -0.1) is 0 Å². The molecule has 0 rings (SSSR count). The van der Waals surface area contributed by atoms with Crippen LogP contribution in [0.4, 0.5) is 0 Å². The molecule has 2 atom stereocenters. The zero-order chi connectivity index (χ0) is 15.4. The summed E-state index contributed by atoms with van der Waals surface area (Å²) >= 11 is 0. The number of carbonyl (C=O) groups excluding carboxylic acids is 2. The molecule has 20 heavy (non-hydrogen) atoms. The molecule has 0 aromatic heterocycles. The number of rotatable bonds is 11. The minimum absolute atomic E-state index is 0.0266. The van der Waals surface area contributed by atoms with E-state index in [0.717, 1.165) is 6.42 Å².